The molecule has 0 aliphatic heterocycles. The lowest BCUT2D eigenvalue weighted by Crippen LogP contribution is -2.19. The van der Waals surface area contributed by atoms with Gasteiger partial charge in [-0.25, -0.2) is 0 Å². The molecule has 0 saturated carbocycles. The maximum Gasteiger partial charge on any atom is 0.0327 e. The fourth-order valence-corrected chi connectivity index (χ4v) is 2.49. The lowest BCUT2D eigenvalue weighted by Gasteiger charge is -2.08. The summed E-state index contributed by atoms with van der Waals surface area (Å²) in [5.41, 5.74) is 0. The molecule has 1 rings (SSSR count). The van der Waals surface area contributed by atoms with E-state index < -0.39 is 0 Å². The van der Waals surface area contributed by atoms with Gasteiger partial charge in [-0.3, -0.25) is 0 Å². The van der Waals surface area contributed by atoms with Crippen LogP contribution in [-0.2, 0) is 6.54 Å². The van der Waals surface area contributed by atoms with Gasteiger partial charge in [-0.1, -0.05) is 20.3 Å². The van der Waals surface area contributed by atoms with E-state index in [-0.39, 0.29) is 0 Å². The second-order valence-electron chi connectivity index (χ2n) is 3.34. The lowest BCUT2D eigenvalue weighted by atomic mass is 10.1. The Kier molecular flexibility index (Phi) is 4.99. The fourth-order valence-electron chi connectivity index (χ4n) is 1.03. The largest absolute Gasteiger partial charge is 0.312 e. The molecule has 0 aliphatic rings. The van der Waals surface area contributed by atoms with Crippen molar-refractivity contribution in [3.63, 3.8) is 0 Å². The van der Waals surface area contributed by atoms with Crippen molar-refractivity contribution in [1.82, 2.24) is 5.32 Å². The highest BCUT2D eigenvalue weighted by molar-refractivity contribution is 9.10. The van der Waals surface area contributed by atoms with Crippen molar-refractivity contribution in [2.45, 2.75) is 26.8 Å². The van der Waals surface area contributed by atoms with Crippen LogP contribution in [0.2, 0.25) is 0 Å². The maximum absolute atomic E-state index is 3.52. The van der Waals surface area contributed by atoms with Crippen LogP contribution in [0.1, 0.15) is 25.1 Å². The van der Waals surface area contributed by atoms with Crippen LogP contribution in [0.15, 0.2) is 15.9 Å². The van der Waals surface area contributed by atoms with Crippen LogP contribution < -0.4 is 5.32 Å². The molecule has 0 radical (unpaired) electrons. The van der Waals surface area contributed by atoms with Crippen LogP contribution in [0.3, 0.4) is 0 Å². The van der Waals surface area contributed by atoms with Crippen LogP contribution in [0.25, 0.3) is 0 Å². The first-order valence-electron chi connectivity index (χ1n) is 4.66. The van der Waals surface area contributed by atoms with Crippen molar-refractivity contribution in [2.75, 3.05) is 6.54 Å². The highest BCUT2D eigenvalue weighted by atomic mass is 79.9. The van der Waals surface area contributed by atoms with E-state index in [1.54, 1.807) is 11.3 Å². The van der Waals surface area contributed by atoms with Gasteiger partial charge in [0.05, 0.1) is 0 Å². The summed E-state index contributed by atoms with van der Waals surface area (Å²) in [6, 6.07) is 2.10. The number of nitrogens with one attached hydrogen (secondary N) is 1. The van der Waals surface area contributed by atoms with Gasteiger partial charge in [0, 0.05) is 15.9 Å². The topological polar surface area (TPSA) is 12.0 Å². The van der Waals surface area contributed by atoms with E-state index in [2.05, 4.69) is 46.5 Å². The molecule has 13 heavy (non-hydrogen) atoms. The smallest absolute Gasteiger partial charge is 0.0327 e. The molecule has 0 amide bonds. The Morgan fingerprint density at radius 3 is 2.92 bits per heavy atom. The zero-order valence-electron chi connectivity index (χ0n) is 8.14. The summed E-state index contributed by atoms with van der Waals surface area (Å²) in [5.74, 6) is 0.777. The number of hydrogen-bond acceptors (Lipinski definition) is 2. The Bertz CT molecular complexity index is 247. The van der Waals surface area contributed by atoms with Crippen LogP contribution in [0.4, 0.5) is 0 Å². The molecular formula is C10H16BrNS. The second kappa shape index (κ2) is 5.78. The molecule has 1 heterocycles. The highest BCUT2D eigenvalue weighted by Gasteiger charge is 2.01. The third-order valence-electron chi connectivity index (χ3n) is 2.17. The Labute approximate surface area is 92.7 Å². The van der Waals surface area contributed by atoms with Crippen LogP contribution in [0, 0.1) is 5.92 Å². The average Bonchev–Trinajstić information content (AvgIpc) is 2.52. The first-order valence-corrected chi connectivity index (χ1v) is 6.34. The maximum atomic E-state index is 3.52. The van der Waals surface area contributed by atoms with Gasteiger partial charge >= 0.3 is 0 Å². The minimum absolute atomic E-state index is 0.777. The first kappa shape index (κ1) is 11.2. The van der Waals surface area contributed by atoms with Gasteiger partial charge in [0.2, 0.25) is 0 Å². The monoisotopic (exact) mass is 261 g/mol. The standard InChI is InChI=1S/C10H16BrNS/c1-3-8(2)6-12-7-10-9(11)4-5-13-10/h4-5,8,12H,3,6-7H2,1-2H3. The number of thiophene rings is 1. The molecule has 0 fully saturated rings. The first-order chi connectivity index (χ1) is 6.24. The summed E-state index contributed by atoms with van der Waals surface area (Å²) in [4.78, 5) is 1.39. The van der Waals surface area contributed by atoms with Crippen LogP contribution in [-0.4, -0.2) is 6.54 Å². The summed E-state index contributed by atoms with van der Waals surface area (Å²) < 4.78 is 1.23. The average molecular weight is 262 g/mol. The predicted molar refractivity (Wildman–Crippen MR) is 63.2 cm³/mol. The van der Waals surface area contributed by atoms with E-state index in [1.807, 2.05) is 0 Å². The zero-order chi connectivity index (χ0) is 9.68. The Morgan fingerprint density at radius 1 is 1.62 bits per heavy atom. The molecule has 0 aliphatic carbocycles. The molecule has 0 spiro atoms. The second-order valence-corrected chi connectivity index (χ2v) is 5.19. The molecule has 1 nitrogen and oxygen atoms in total. The van der Waals surface area contributed by atoms with Gasteiger partial charge in [-0.15, -0.1) is 11.3 Å². The summed E-state index contributed by atoms with van der Waals surface area (Å²) in [7, 11) is 0. The minimum atomic E-state index is 0.777. The van der Waals surface area contributed by atoms with E-state index in [9.17, 15) is 0 Å². The minimum Gasteiger partial charge on any atom is -0.312 e. The number of hydrogen-bond donors (Lipinski definition) is 1. The summed E-state index contributed by atoms with van der Waals surface area (Å²) >= 11 is 5.32. The van der Waals surface area contributed by atoms with E-state index in [0.717, 1.165) is 19.0 Å². The number of rotatable bonds is 5. The van der Waals surface area contributed by atoms with E-state index in [4.69, 9.17) is 0 Å². The van der Waals surface area contributed by atoms with Gasteiger partial charge in [-0.2, -0.15) is 0 Å². The molecule has 3 heteroatoms. The van der Waals surface area contributed by atoms with Crippen molar-refractivity contribution in [3.8, 4) is 0 Å². The van der Waals surface area contributed by atoms with Crippen molar-refractivity contribution < 1.29 is 0 Å². The molecular weight excluding hydrogens is 246 g/mol. The highest BCUT2D eigenvalue weighted by Crippen LogP contribution is 2.22. The van der Waals surface area contributed by atoms with Gasteiger partial charge in [0.25, 0.3) is 0 Å². The number of halogens is 1. The van der Waals surface area contributed by atoms with Crippen LogP contribution in [0.5, 0.6) is 0 Å². The molecule has 1 unspecified atom stereocenters. The molecule has 74 valence electrons. The molecule has 0 aromatic carbocycles. The zero-order valence-corrected chi connectivity index (χ0v) is 10.5. The van der Waals surface area contributed by atoms with E-state index in [0.29, 0.717) is 0 Å². The Balaban J connectivity index is 2.24. The summed E-state index contributed by atoms with van der Waals surface area (Å²) in [6.45, 7) is 6.60. The third kappa shape index (κ3) is 3.79. The Hall–Kier alpha value is 0.140. The van der Waals surface area contributed by atoms with Crippen LogP contribution >= 0.6 is 27.3 Å². The molecule has 1 aromatic heterocycles. The third-order valence-corrected chi connectivity index (χ3v) is 4.09. The Morgan fingerprint density at radius 2 is 2.38 bits per heavy atom. The van der Waals surface area contributed by atoms with E-state index in [1.165, 1.54) is 15.8 Å². The van der Waals surface area contributed by atoms with Crippen molar-refractivity contribution in [2.24, 2.45) is 5.92 Å². The van der Waals surface area contributed by atoms with Gasteiger partial charge in [0.15, 0.2) is 0 Å². The normalized spacial score (nSPS) is 13.2. The summed E-state index contributed by atoms with van der Waals surface area (Å²) in [5, 5.41) is 5.58. The van der Waals surface area contributed by atoms with Crippen molar-refractivity contribution in [1.29, 1.82) is 0 Å². The fraction of sp³-hybridized carbons (Fsp3) is 0.600. The van der Waals surface area contributed by atoms with Gasteiger partial charge in [-0.05, 0) is 39.8 Å². The van der Waals surface area contributed by atoms with Gasteiger partial charge < -0.3 is 5.32 Å². The predicted octanol–water partition coefficient (Wildman–Crippen LogP) is 3.65. The lowest BCUT2D eigenvalue weighted by molar-refractivity contribution is 0.501. The molecule has 1 N–H and O–H groups in total. The molecule has 0 saturated heterocycles. The van der Waals surface area contributed by atoms with Crippen molar-refractivity contribution in [3.05, 3.63) is 20.8 Å². The molecule has 1 aromatic rings. The SMILES string of the molecule is CCC(C)CNCc1sccc1Br. The summed E-state index contributed by atoms with van der Waals surface area (Å²) in [6.07, 6.45) is 1.25. The molecule has 1 atom stereocenters. The van der Waals surface area contributed by atoms with Gasteiger partial charge in [0.1, 0.15) is 0 Å². The van der Waals surface area contributed by atoms with E-state index >= 15 is 0 Å². The van der Waals surface area contributed by atoms with Crippen molar-refractivity contribution >= 4 is 27.3 Å². The quantitative estimate of drug-likeness (QED) is 0.854. The molecule has 0 bridgehead atoms.